The number of rotatable bonds is 12. The van der Waals surface area contributed by atoms with Gasteiger partial charge in [-0.05, 0) is 86.2 Å². The number of hydrogen-bond donors (Lipinski definition) is 0. The molecule has 0 N–H and O–H groups in total. The Hall–Kier alpha value is -1.16. The van der Waals surface area contributed by atoms with E-state index in [0.717, 1.165) is 25.9 Å². The normalized spacial score (nSPS) is 32.2. The van der Waals surface area contributed by atoms with Crippen LogP contribution in [0.4, 0.5) is 0 Å². The molecule has 0 amide bonds. The molecule has 1 saturated heterocycles. The summed E-state index contributed by atoms with van der Waals surface area (Å²) in [6.45, 7) is 7.88. The molecule has 2 bridgehead atoms. The lowest BCUT2D eigenvalue weighted by atomic mass is 9.51. The Kier molecular flexibility index (Phi) is 8.48. The van der Waals surface area contributed by atoms with E-state index in [4.69, 9.17) is 14.2 Å². The molecule has 1 aliphatic heterocycles. The molecule has 5 rings (SSSR count). The summed E-state index contributed by atoms with van der Waals surface area (Å²) in [5.74, 6) is 0. The van der Waals surface area contributed by atoms with Crippen molar-refractivity contribution >= 4 is 0 Å². The fourth-order valence-electron chi connectivity index (χ4n) is 6.25. The van der Waals surface area contributed by atoms with E-state index in [1.54, 1.807) is 5.56 Å². The van der Waals surface area contributed by atoms with Crippen LogP contribution >= 0.6 is 0 Å². The van der Waals surface area contributed by atoms with Crippen molar-refractivity contribution in [3.8, 4) is 0 Å². The molecular formula is C29H44O3. The predicted molar refractivity (Wildman–Crippen MR) is 131 cm³/mol. The molecular weight excluding hydrogens is 396 g/mol. The lowest BCUT2D eigenvalue weighted by Gasteiger charge is -2.54. The van der Waals surface area contributed by atoms with Crippen molar-refractivity contribution in [3.05, 3.63) is 48.0 Å². The van der Waals surface area contributed by atoms with Crippen molar-refractivity contribution in [2.24, 2.45) is 5.41 Å². The molecule has 3 nitrogen and oxygen atoms in total. The summed E-state index contributed by atoms with van der Waals surface area (Å²) in [5.41, 5.74) is 3.89. The van der Waals surface area contributed by atoms with E-state index in [0.29, 0.717) is 24.0 Å². The molecule has 0 unspecified atom stereocenters. The molecule has 1 aromatic carbocycles. The Labute approximate surface area is 195 Å². The van der Waals surface area contributed by atoms with Gasteiger partial charge in [-0.15, -0.1) is 6.58 Å². The topological polar surface area (TPSA) is 27.7 Å². The van der Waals surface area contributed by atoms with Gasteiger partial charge in [0.05, 0.1) is 13.2 Å². The van der Waals surface area contributed by atoms with Crippen LogP contribution in [0.5, 0.6) is 0 Å². The van der Waals surface area contributed by atoms with Crippen LogP contribution in [0.1, 0.15) is 108 Å². The Morgan fingerprint density at radius 1 is 0.938 bits per heavy atom. The van der Waals surface area contributed by atoms with Crippen molar-refractivity contribution in [1.29, 1.82) is 0 Å². The van der Waals surface area contributed by atoms with Crippen LogP contribution in [0, 0.1) is 5.41 Å². The standard InChI is InChI=1S/C29H44O3/c1-3-5-7-9-21-30-27-23-31-26(22-32-27)24-10-12-25(13-11-24)29-18-15-28(16-19-29,17-20-29)14-8-6-4-2/h3,10-13,26-27H,1,4-9,14-23H2,2H3/t26-,27+,28?,29?/m1/s1. The first kappa shape index (κ1) is 24.0. The molecule has 4 aliphatic rings. The molecule has 0 spiro atoms. The van der Waals surface area contributed by atoms with E-state index < -0.39 is 0 Å². The van der Waals surface area contributed by atoms with Gasteiger partial charge in [-0.25, -0.2) is 0 Å². The quantitative estimate of drug-likeness (QED) is 0.247. The molecule has 32 heavy (non-hydrogen) atoms. The summed E-state index contributed by atoms with van der Waals surface area (Å²) in [6, 6.07) is 9.34. The summed E-state index contributed by atoms with van der Waals surface area (Å²) >= 11 is 0. The van der Waals surface area contributed by atoms with Crippen LogP contribution in [0.15, 0.2) is 36.9 Å². The van der Waals surface area contributed by atoms with Crippen molar-refractivity contribution in [1.82, 2.24) is 0 Å². The first-order valence-corrected chi connectivity index (χ1v) is 13.2. The maximum atomic E-state index is 6.09. The summed E-state index contributed by atoms with van der Waals surface area (Å²) in [7, 11) is 0. The Morgan fingerprint density at radius 2 is 1.69 bits per heavy atom. The van der Waals surface area contributed by atoms with Crippen LogP contribution in [-0.2, 0) is 19.6 Å². The van der Waals surface area contributed by atoms with E-state index >= 15 is 0 Å². The zero-order valence-electron chi connectivity index (χ0n) is 20.3. The van der Waals surface area contributed by atoms with Crippen molar-refractivity contribution in [2.75, 3.05) is 19.8 Å². The van der Waals surface area contributed by atoms with E-state index in [9.17, 15) is 0 Å². The third-order valence-electron chi connectivity index (χ3n) is 8.58. The second-order valence-corrected chi connectivity index (χ2v) is 10.6. The van der Waals surface area contributed by atoms with Crippen LogP contribution < -0.4 is 0 Å². The minimum atomic E-state index is -0.227. The van der Waals surface area contributed by atoms with Gasteiger partial charge in [0.25, 0.3) is 0 Å². The van der Waals surface area contributed by atoms with Gasteiger partial charge in [-0.2, -0.15) is 0 Å². The van der Waals surface area contributed by atoms with Crippen LogP contribution in [-0.4, -0.2) is 26.1 Å². The van der Waals surface area contributed by atoms with Gasteiger partial charge < -0.3 is 14.2 Å². The average Bonchev–Trinajstić information content (AvgIpc) is 2.86. The molecule has 4 fully saturated rings. The average molecular weight is 441 g/mol. The van der Waals surface area contributed by atoms with E-state index in [1.165, 1.54) is 69.8 Å². The minimum Gasteiger partial charge on any atom is -0.366 e. The summed E-state index contributed by atoms with van der Waals surface area (Å²) < 4.78 is 17.8. The number of fused-ring (bicyclic) bond motifs is 3. The van der Waals surface area contributed by atoms with Crippen molar-refractivity contribution in [2.45, 2.75) is 108 Å². The summed E-state index contributed by atoms with van der Waals surface area (Å²) in [5, 5.41) is 0. The van der Waals surface area contributed by atoms with Gasteiger partial charge in [0, 0.05) is 6.61 Å². The van der Waals surface area contributed by atoms with Gasteiger partial charge in [0.1, 0.15) is 6.10 Å². The molecule has 3 saturated carbocycles. The zero-order valence-corrected chi connectivity index (χ0v) is 20.3. The molecule has 1 aromatic rings. The highest BCUT2D eigenvalue weighted by Gasteiger charge is 2.48. The van der Waals surface area contributed by atoms with E-state index in [1.807, 2.05) is 6.08 Å². The number of benzene rings is 1. The molecule has 3 aliphatic carbocycles. The lowest BCUT2D eigenvalue weighted by Crippen LogP contribution is -2.44. The van der Waals surface area contributed by atoms with Crippen molar-refractivity contribution < 1.29 is 14.2 Å². The Balaban J connectivity index is 1.24. The SMILES string of the molecule is C=CCCCCO[C@@H]1CO[C@@H](c2ccc(C34CCC(CCCCC)(CC3)CC4)cc2)CO1. The molecule has 2 atom stereocenters. The van der Waals surface area contributed by atoms with Gasteiger partial charge in [-0.1, -0.05) is 56.5 Å². The van der Waals surface area contributed by atoms with Crippen LogP contribution in [0.3, 0.4) is 0 Å². The van der Waals surface area contributed by atoms with Gasteiger partial charge in [0.2, 0.25) is 0 Å². The van der Waals surface area contributed by atoms with Gasteiger partial charge in [0.15, 0.2) is 6.29 Å². The molecule has 0 aromatic heterocycles. The zero-order chi connectivity index (χ0) is 22.3. The number of hydrogen-bond acceptors (Lipinski definition) is 3. The molecule has 178 valence electrons. The third kappa shape index (κ3) is 5.66. The maximum absolute atomic E-state index is 6.09. The highest BCUT2D eigenvalue weighted by atomic mass is 16.7. The highest BCUT2D eigenvalue weighted by molar-refractivity contribution is 5.32. The number of ether oxygens (including phenoxy) is 3. The predicted octanol–water partition coefficient (Wildman–Crippen LogP) is 7.65. The fourth-order valence-corrected chi connectivity index (χ4v) is 6.25. The monoisotopic (exact) mass is 440 g/mol. The van der Waals surface area contributed by atoms with Gasteiger partial charge >= 0.3 is 0 Å². The molecule has 1 heterocycles. The lowest BCUT2D eigenvalue weighted by molar-refractivity contribution is -0.236. The van der Waals surface area contributed by atoms with Crippen LogP contribution in [0.2, 0.25) is 0 Å². The minimum absolute atomic E-state index is 0.0195. The third-order valence-corrected chi connectivity index (χ3v) is 8.58. The first-order valence-electron chi connectivity index (χ1n) is 13.2. The largest absolute Gasteiger partial charge is 0.366 e. The second-order valence-electron chi connectivity index (χ2n) is 10.6. The molecule has 0 radical (unpaired) electrons. The number of unbranched alkanes of at least 4 members (excludes halogenated alkanes) is 4. The fraction of sp³-hybridized carbons (Fsp3) is 0.724. The summed E-state index contributed by atoms with van der Waals surface area (Å²) in [4.78, 5) is 0. The second kappa shape index (κ2) is 11.3. The first-order chi connectivity index (χ1) is 15.7. The molecule has 3 heteroatoms. The van der Waals surface area contributed by atoms with Crippen LogP contribution in [0.25, 0.3) is 0 Å². The van der Waals surface area contributed by atoms with E-state index in [2.05, 4.69) is 37.8 Å². The summed E-state index contributed by atoms with van der Waals surface area (Å²) in [6.07, 6.45) is 19.1. The van der Waals surface area contributed by atoms with Gasteiger partial charge in [-0.3, -0.25) is 0 Å². The Bertz CT molecular complexity index is 677. The van der Waals surface area contributed by atoms with E-state index in [-0.39, 0.29) is 12.4 Å². The maximum Gasteiger partial charge on any atom is 0.180 e. The Morgan fingerprint density at radius 3 is 2.31 bits per heavy atom. The number of allylic oxidation sites excluding steroid dienone is 1. The smallest absolute Gasteiger partial charge is 0.180 e. The van der Waals surface area contributed by atoms with Crippen molar-refractivity contribution in [3.63, 3.8) is 0 Å². The highest BCUT2D eigenvalue weighted by Crippen LogP contribution is 2.59.